The van der Waals surface area contributed by atoms with E-state index in [0.29, 0.717) is 34.7 Å². The third-order valence-electron chi connectivity index (χ3n) is 7.66. The minimum Gasteiger partial charge on any atom is -0.344 e. The molecule has 0 radical (unpaired) electrons. The number of alkyl halides is 3. The number of fused-ring (bicyclic) bond motifs is 2. The molecule has 12 heteroatoms. The fourth-order valence-electron chi connectivity index (χ4n) is 5.61. The molecule has 0 saturated carbocycles. The van der Waals surface area contributed by atoms with Crippen LogP contribution >= 0.6 is 0 Å². The second kappa shape index (κ2) is 9.57. The monoisotopic (exact) mass is 549 g/mol. The summed E-state index contributed by atoms with van der Waals surface area (Å²) in [6.07, 6.45) is -3.59. The van der Waals surface area contributed by atoms with Crippen molar-refractivity contribution in [1.82, 2.24) is 19.8 Å². The zero-order valence-corrected chi connectivity index (χ0v) is 22.2. The minimum absolute atomic E-state index is 0.0262. The van der Waals surface area contributed by atoms with E-state index in [1.807, 2.05) is 16.7 Å². The van der Waals surface area contributed by atoms with Gasteiger partial charge in [-0.1, -0.05) is 12.1 Å². The molecule has 3 unspecified atom stereocenters. The van der Waals surface area contributed by atoms with Crippen molar-refractivity contribution < 1.29 is 26.4 Å². The summed E-state index contributed by atoms with van der Waals surface area (Å²) in [7, 11) is -1.84. The Balaban J connectivity index is 1.61. The van der Waals surface area contributed by atoms with Crippen molar-refractivity contribution in [1.29, 1.82) is 0 Å². The van der Waals surface area contributed by atoms with Crippen LogP contribution in [0.3, 0.4) is 0 Å². The van der Waals surface area contributed by atoms with Gasteiger partial charge in [-0.3, -0.25) is 9.52 Å². The molecule has 0 aliphatic carbocycles. The molecule has 3 atom stereocenters. The fourth-order valence-corrected chi connectivity index (χ4v) is 6.25. The third kappa shape index (κ3) is 4.86. The number of likely N-dealkylation sites (tertiary alicyclic amines) is 1. The molecule has 0 bridgehead atoms. The molecular weight excluding hydrogens is 519 g/mol. The molecule has 1 aromatic heterocycles. The van der Waals surface area contributed by atoms with Crippen molar-refractivity contribution in [2.75, 3.05) is 30.6 Å². The number of hydrogen-bond donors (Lipinski definition) is 2. The first-order valence-corrected chi connectivity index (χ1v) is 14.2. The predicted octanol–water partition coefficient (Wildman–Crippen LogP) is 3.71. The lowest BCUT2D eigenvalue weighted by Crippen LogP contribution is -2.52. The summed E-state index contributed by atoms with van der Waals surface area (Å²) >= 11 is 0. The van der Waals surface area contributed by atoms with Gasteiger partial charge >= 0.3 is 6.18 Å². The normalized spacial score (nSPS) is 22.2. The van der Waals surface area contributed by atoms with Crippen molar-refractivity contribution in [3.05, 3.63) is 58.9 Å². The molecular formula is C26H30F3N5O3S. The number of benzene rings is 2. The molecule has 0 spiro atoms. The highest BCUT2D eigenvalue weighted by Gasteiger charge is 2.44. The SMILES string of the molecule is CCS(=O)(=O)Nc1cc(C2CN(C)C(=O)C3NCCC32)cc2c1nc(C)n2Cc1ccc(C(F)(F)F)cc1. The van der Waals surface area contributed by atoms with Crippen molar-refractivity contribution in [2.45, 2.75) is 44.9 Å². The van der Waals surface area contributed by atoms with Gasteiger partial charge in [-0.15, -0.1) is 0 Å². The number of nitrogens with zero attached hydrogens (tertiary/aromatic N) is 3. The van der Waals surface area contributed by atoms with Gasteiger partial charge in [0.15, 0.2) is 0 Å². The summed E-state index contributed by atoms with van der Waals surface area (Å²) in [5, 5.41) is 3.30. The van der Waals surface area contributed by atoms with Gasteiger partial charge < -0.3 is 14.8 Å². The second-order valence-electron chi connectivity index (χ2n) is 10.1. The van der Waals surface area contributed by atoms with Gasteiger partial charge in [-0.2, -0.15) is 13.2 Å². The number of hydrogen-bond acceptors (Lipinski definition) is 5. The van der Waals surface area contributed by atoms with E-state index in [2.05, 4.69) is 15.0 Å². The molecule has 38 heavy (non-hydrogen) atoms. The van der Waals surface area contributed by atoms with Crippen LogP contribution in [-0.4, -0.2) is 60.7 Å². The summed E-state index contributed by atoms with van der Waals surface area (Å²) in [5.41, 5.74) is 2.33. The Bertz CT molecular complexity index is 1480. The van der Waals surface area contributed by atoms with Crippen molar-refractivity contribution >= 4 is 32.7 Å². The number of aromatic nitrogens is 2. The van der Waals surface area contributed by atoms with Gasteiger partial charge in [-0.25, -0.2) is 13.4 Å². The van der Waals surface area contributed by atoms with Crippen LogP contribution in [0.15, 0.2) is 36.4 Å². The molecule has 1 amide bonds. The first-order chi connectivity index (χ1) is 17.9. The summed E-state index contributed by atoms with van der Waals surface area (Å²) in [6.45, 7) is 4.83. The highest BCUT2D eigenvalue weighted by atomic mass is 32.2. The lowest BCUT2D eigenvalue weighted by molar-refractivity contribution is -0.137. The van der Waals surface area contributed by atoms with Gasteiger partial charge in [0, 0.05) is 26.1 Å². The number of amides is 1. The smallest absolute Gasteiger partial charge is 0.344 e. The van der Waals surface area contributed by atoms with Crippen LogP contribution in [0.2, 0.25) is 0 Å². The van der Waals surface area contributed by atoms with Crippen LogP contribution < -0.4 is 10.0 Å². The van der Waals surface area contributed by atoms with Gasteiger partial charge in [0.2, 0.25) is 15.9 Å². The topological polar surface area (TPSA) is 96.3 Å². The molecule has 2 aliphatic heterocycles. The molecule has 3 aromatic rings. The second-order valence-corrected chi connectivity index (χ2v) is 12.1. The van der Waals surface area contributed by atoms with Crippen molar-refractivity contribution in [3.8, 4) is 0 Å². The maximum atomic E-state index is 13.0. The molecule has 8 nitrogen and oxygen atoms in total. The van der Waals surface area contributed by atoms with E-state index in [4.69, 9.17) is 0 Å². The maximum absolute atomic E-state index is 13.0. The Morgan fingerprint density at radius 2 is 1.89 bits per heavy atom. The maximum Gasteiger partial charge on any atom is 0.416 e. The van der Waals surface area contributed by atoms with Crippen molar-refractivity contribution in [3.63, 3.8) is 0 Å². The van der Waals surface area contributed by atoms with Gasteiger partial charge in [-0.05, 0) is 68.1 Å². The number of anilines is 1. The molecule has 2 fully saturated rings. The van der Waals surface area contributed by atoms with E-state index in [9.17, 15) is 26.4 Å². The predicted molar refractivity (Wildman–Crippen MR) is 138 cm³/mol. The van der Waals surface area contributed by atoms with Crippen LogP contribution in [0, 0.1) is 12.8 Å². The van der Waals surface area contributed by atoms with E-state index in [1.54, 1.807) is 25.8 Å². The molecule has 2 N–H and O–H groups in total. The Morgan fingerprint density at radius 3 is 2.55 bits per heavy atom. The van der Waals surface area contributed by atoms with Crippen LogP contribution in [0.25, 0.3) is 11.0 Å². The molecule has 2 aromatic carbocycles. The molecule has 2 aliphatic rings. The number of nitrogens with one attached hydrogen (secondary N) is 2. The molecule has 204 valence electrons. The number of carbonyl (C=O) groups is 1. The largest absolute Gasteiger partial charge is 0.416 e. The number of piperidine rings is 1. The quantitative estimate of drug-likeness (QED) is 0.489. The first kappa shape index (κ1) is 26.5. The van der Waals surface area contributed by atoms with E-state index in [1.165, 1.54) is 12.1 Å². The van der Waals surface area contributed by atoms with E-state index in [0.717, 1.165) is 30.7 Å². The fraction of sp³-hybridized carbons (Fsp3) is 0.462. The number of carbonyl (C=O) groups excluding carboxylic acids is 1. The number of rotatable bonds is 6. The highest BCUT2D eigenvalue weighted by Crippen LogP contribution is 2.40. The van der Waals surface area contributed by atoms with Crippen LogP contribution in [0.5, 0.6) is 0 Å². The van der Waals surface area contributed by atoms with E-state index in [-0.39, 0.29) is 36.1 Å². The average molecular weight is 550 g/mol. The zero-order valence-electron chi connectivity index (χ0n) is 21.3. The zero-order chi connectivity index (χ0) is 27.4. The van der Waals surface area contributed by atoms with Crippen molar-refractivity contribution in [2.24, 2.45) is 5.92 Å². The van der Waals surface area contributed by atoms with Crippen LogP contribution in [-0.2, 0) is 27.5 Å². The minimum atomic E-state index is -4.42. The molecule has 2 saturated heterocycles. The summed E-state index contributed by atoms with van der Waals surface area (Å²) in [5.74, 6) is 0.588. The highest BCUT2D eigenvalue weighted by molar-refractivity contribution is 7.92. The third-order valence-corrected chi connectivity index (χ3v) is 8.95. The van der Waals surface area contributed by atoms with Gasteiger partial charge in [0.1, 0.15) is 11.3 Å². The molecule has 3 heterocycles. The Hall–Kier alpha value is -3.12. The Labute approximate surface area is 219 Å². The van der Waals surface area contributed by atoms with Crippen LogP contribution in [0.4, 0.5) is 18.9 Å². The lowest BCUT2D eigenvalue weighted by atomic mass is 9.77. The van der Waals surface area contributed by atoms with Crippen LogP contribution in [0.1, 0.15) is 41.8 Å². The Morgan fingerprint density at radius 1 is 1.18 bits per heavy atom. The first-order valence-electron chi connectivity index (χ1n) is 12.5. The number of sulfonamides is 1. The van der Waals surface area contributed by atoms with Gasteiger partial charge in [0.05, 0.1) is 28.6 Å². The average Bonchev–Trinajstić information content (AvgIpc) is 3.47. The number of likely N-dealkylation sites (N-methyl/N-ethyl adjacent to an activating group) is 1. The van der Waals surface area contributed by atoms with Gasteiger partial charge in [0.25, 0.3) is 0 Å². The number of imidazole rings is 1. The van der Waals surface area contributed by atoms with E-state index >= 15 is 0 Å². The molecule has 5 rings (SSSR count). The standard InChI is InChI=1S/C26H30F3N5O3S/c1-4-38(36,37)32-21-11-17(20-14-33(3)25(35)23-19(20)9-10-30-23)12-22-24(21)31-15(2)34(22)13-16-5-7-18(8-6-16)26(27,28)29/h5-8,11-12,19-20,23,30,32H,4,9-10,13-14H2,1-3H3. The summed E-state index contributed by atoms with van der Waals surface area (Å²) < 4.78 is 68.8. The summed E-state index contributed by atoms with van der Waals surface area (Å²) in [4.78, 5) is 19.1. The van der Waals surface area contributed by atoms with E-state index < -0.39 is 21.8 Å². The number of halogens is 3. The Kier molecular flexibility index (Phi) is 6.67. The number of aryl methyl sites for hydroxylation is 1. The summed E-state index contributed by atoms with van der Waals surface area (Å²) in [6, 6.07) is 8.49. The lowest BCUT2D eigenvalue weighted by Gasteiger charge is -2.38.